The van der Waals surface area contributed by atoms with E-state index in [1.165, 1.54) is 24.7 Å². The molecule has 0 fully saturated rings. The van der Waals surface area contributed by atoms with E-state index in [0.717, 1.165) is 17.2 Å². The van der Waals surface area contributed by atoms with Crippen LogP contribution in [0.5, 0.6) is 0 Å². The van der Waals surface area contributed by atoms with Crippen molar-refractivity contribution in [1.29, 1.82) is 0 Å². The minimum atomic E-state index is -1.44. The number of aryl methyl sites for hydroxylation is 2. The highest BCUT2D eigenvalue weighted by molar-refractivity contribution is 5.92. The number of rotatable bonds is 11. The van der Waals surface area contributed by atoms with Gasteiger partial charge in [-0.2, -0.15) is 0 Å². The molecule has 3 aromatic rings. The molecule has 2 aromatic carbocycles. The van der Waals surface area contributed by atoms with Crippen molar-refractivity contribution in [2.45, 2.75) is 52.7 Å². The summed E-state index contributed by atoms with van der Waals surface area (Å²) in [5, 5.41) is 12.1. The number of halogens is 2. The second kappa shape index (κ2) is 12.3. The van der Waals surface area contributed by atoms with Crippen molar-refractivity contribution < 1.29 is 28.3 Å². The van der Waals surface area contributed by atoms with E-state index in [1.807, 2.05) is 45.9 Å². The van der Waals surface area contributed by atoms with Crippen molar-refractivity contribution in [1.82, 2.24) is 20.7 Å². The van der Waals surface area contributed by atoms with Crippen LogP contribution >= 0.6 is 0 Å². The number of carboxylic acids is 1. The summed E-state index contributed by atoms with van der Waals surface area (Å²) in [5.74, 6) is -4.48. The molecule has 0 unspecified atom stereocenters. The van der Waals surface area contributed by atoms with Gasteiger partial charge in [0.25, 0.3) is 5.91 Å². The van der Waals surface area contributed by atoms with Gasteiger partial charge in [-0.25, -0.2) is 18.7 Å². The molecule has 0 saturated heterocycles. The number of hydrogen-bond donors (Lipinski definition) is 3. The maximum atomic E-state index is 15.1. The van der Waals surface area contributed by atoms with E-state index < -0.39 is 42.1 Å². The first kappa shape index (κ1) is 28.3. The highest BCUT2D eigenvalue weighted by atomic mass is 19.2. The van der Waals surface area contributed by atoms with E-state index >= 15 is 4.39 Å². The van der Waals surface area contributed by atoms with Gasteiger partial charge < -0.3 is 5.11 Å². The Bertz CT molecular complexity index is 1310. The maximum Gasteiger partial charge on any atom is 0.308 e. The lowest BCUT2D eigenvalue weighted by Gasteiger charge is -2.19. The SMILES string of the molecule is Cc1cccc(C)c1-c1cc(F)c(F)c([C@H](CC(=O)O)N[N+](=O)[C@H](CC(C)C)NC(=O)c2ccncn2)c1. The zero-order valence-electron chi connectivity index (χ0n) is 21.5. The van der Waals surface area contributed by atoms with E-state index in [-0.39, 0.29) is 28.5 Å². The molecule has 0 bridgehead atoms. The average Bonchev–Trinajstić information content (AvgIpc) is 2.85. The monoisotopic (exact) mass is 526 g/mol. The molecule has 2 atom stereocenters. The number of nitrogens with zero attached hydrogens (tertiary/aromatic N) is 3. The Morgan fingerprint density at radius 2 is 1.79 bits per heavy atom. The molecular weight excluding hydrogens is 496 g/mol. The lowest BCUT2D eigenvalue weighted by molar-refractivity contribution is -0.652. The Kier molecular flexibility index (Phi) is 9.16. The van der Waals surface area contributed by atoms with Crippen LogP contribution < -0.4 is 10.7 Å². The summed E-state index contributed by atoms with van der Waals surface area (Å²) in [7, 11) is 0. The highest BCUT2D eigenvalue weighted by Gasteiger charge is 2.34. The summed E-state index contributed by atoms with van der Waals surface area (Å²) in [6.45, 7) is 7.31. The summed E-state index contributed by atoms with van der Waals surface area (Å²) in [6.07, 6.45) is 0.841. The zero-order valence-corrected chi connectivity index (χ0v) is 21.5. The molecule has 11 heteroatoms. The number of carbonyl (C=O) groups excluding carboxylic acids is 1. The second-order valence-electron chi connectivity index (χ2n) is 9.45. The predicted molar refractivity (Wildman–Crippen MR) is 136 cm³/mol. The first-order chi connectivity index (χ1) is 18.0. The zero-order chi connectivity index (χ0) is 28.0. The van der Waals surface area contributed by atoms with Crippen molar-refractivity contribution in [3.63, 3.8) is 0 Å². The van der Waals surface area contributed by atoms with Crippen molar-refractivity contribution in [2.75, 3.05) is 0 Å². The number of carboxylic acid groups (broad SMARTS) is 1. The molecular formula is C27H30F2N5O4+. The Balaban J connectivity index is 1.98. The Hall–Kier alpha value is -4.28. The van der Waals surface area contributed by atoms with E-state index in [9.17, 15) is 24.0 Å². The predicted octanol–water partition coefficient (Wildman–Crippen LogP) is 4.64. The number of aromatic nitrogens is 2. The van der Waals surface area contributed by atoms with Crippen LogP contribution in [0.15, 0.2) is 48.9 Å². The topological polar surface area (TPSA) is 124 Å². The Labute approximate surface area is 218 Å². The lowest BCUT2D eigenvalue weighted by Crippen LogP contribution is -2.49. The molecule has 1 heterocycles. The molecule has 0 aliphatic heterocycles. The first-order valence-corrected chi connectivity index (χ1v) is 12.0. The van der Waals surface area contributed by atoms with Gasteiger partial charge in [0.15, 0.2) is 11.6 Å². The van der Waals surface area contributed by atoms with Crippen LogP contribution in [0.3, 0.4) is 0 Å². The van der Waals surface area contributed by atoms with Crippen LogP contribution in [-0.2, 0) is 4.79 Å². The minimum absolute atomic E-state index is 0.0265. The van der Waals surface area contributed by atoms with Gasteiger partial charge in [-0.15, -0.1) is 5.43 Å². The van der Waals surface area contributed by atoms with Crippen molar-refractivity contribution in [3.8, 4) is 11.1 Å². The van der Waals surface area contributed by atoms with Crippen molar-refractivity contribution in [2.24, 2.45) is 5.92 Å². The third kappa shape index (κ3) is 6.93. The van der Waals surface area contributed by atoms with Crippen LogP contribution in [0, 0.1) is 36.3 Å². The van der Waals surface area contributed by atoms with E-state index in [0.29, 0.717) is 11.1 Å². The van der Waals surface area contributed by atoms with E-state index in [2.05, 4.69) is 20.7 Å². The smallest absolute Gasteiger partial charge is 0.308 e. The standard InChI is InChI=1S/C27H29F2N5O4/c1-15(2)10-23(32-27(37)21-8-9-30-14-31-21)34(38)33-22(13-24(35)36)19-11-18(12-20(28)26(19)29)25-16(3)6-5-7-17(25)4/h5-9,11-12,14-15,22-23H,10,13H2,1-4H3,(H2-,32,33,35,36,37,38)/p+1/t22-,23+/m0/s1. The molecule has 0 aliphatic rings. The number of carbonyl (C=O) groups is 2. The molecule has 9 nitrogen and oxygen atoms in total. The molecule has 0 saturated carbocycles. The van der Waals surface area contributed by atoms with Crippen LogP contribution in [-0.4, -0.2) is 38.0 Å². The molecule has 0 spiro atoms. The molecule has 3 rings (SSSR count). The van der Waals surface area contributed by atoms with Gasteiger partial charge in [0.2, 0.25) is 0 Å². The quantitative estimate of drug-likeness (QED) is 0.189. The summed E-state index contributed by atoms with van der Waals surface area (Å²) >= 11 is 0. The third-order valence-electron chi connectivity index (χ3n) is 5.95. The number of hydrazine groups is 1. The maximum absolute atomic E-state index is 15.1. The van der Waals surface area contributed by atoms with Gasteiger partial charge in [-0.3, -0.25) is 14.9 Å². The van der Waals surface area contributed by atoms with Crippen LogP contribution in [0.4, 0.5) is 8.78 Å². The number of aliphatic carboxylic acids is 1. The van der Waals surface area contributed by atoms with Crippen LogP contribution in [0.25, 0.3) is 11.1 Å². The average molecular weight is 527 g/mol. The lowest BCUT2D eigenvalue weighted by atomic mass is 9.92. The third-order valence-corrected chi connectivity index (χ3v) is 5.95. The van der Waals surface area contributed by atoms with Crippen molar-refractivity contribution in [3.05, 3.63) is 87.8 Å². The highest BCUT2D eigenvalue weighted by Crippen LogP contribution is 2.33. The second-order valence-corrected chi connectivity index (χ2v) is 9.45. The van der Waals surface area contributed by atoms with E-state index in [4.69, 9.17) is 0 Å². The summed E-state index contributed by atoms with van der Waals surface area (Å²) < 4.78 is 29.9. The minimum Gasteiger partial charge on any atom is -0.481 e. The van der Waals surface area contributed by atoms with Gasteiger partial charge in [0, 0.05) is 18.2 Å². The molecule has 1 aromatic heterocycles. The molecule has 3 N–H and O–H groups in total. The van der Waals surface area contributed by atoms with Gasteiger partial charge in [0.05, 0.1) is 11.3 Å². The van der Waals surface area contributed by atoms with Gasteiger partial charge in [-0.05, 0) is 60.2 Å². The fourth-order valence-electron chi connectivity index (χ4n) is 4.23. The summed E-state index contributed by atoms with van der Waals surface area (Å²) in [4.78, 5) is 45.4. The fourth-order valence-corrected chi connectivity index (χ4v) is 4.23. The number of nitrogens with one attached hydrogen (secondary N) is 2. The number of hydrogen-bond acceptors (Lipinski definition) is 5. The van der Waals surface area contributed by atoms with E-state index in [1.54, 1.807) is 0 Å². The van der Waals surface area contributed by atoms with Gasteiger partial charge in [-0.1, -0.05) is 32.0 Å². The summed E-state index contributed by atoms with van der Waals surface area (Å²) in [6, 6.07) is 7.82. The Morgan fingerprint density at radius 3 is 2.37 bits per heavy atom. The fraction of sp³-hybridized carbons (Fsp3) is 0.333. The molecule has 0 radical (unpaired) electrons. The number of benzene rings is 2. The number of amides is 1. The van der Waals surface area contributed by atoms with Crippen LogP contribution in [0.2, 0.25) is 0 Å². The van der Waals surface area contributed by atoms with Gasteiger partial charge >= 0.3 is 12.1 Å². The van der Waals surface area contributed by atoms with Gasteiger partial charge in [0.1, 0.15) is 22.9 Å². The number of nitroso groups, excluding NO2 is 1. The Morgan fingerprint density at radius 1 is 1.11 bits per heavy atom. The molecule has 1 amide bonds. The largest absolute Gasteiger partial charge is 0.481 e. The molecule has 200 valence electrons. The first-order valence-electron chi connectivity index (χ1n) is 12.0. The molecule has 0 aliphatic carbocycles. The molecule has 38 heavy (non-hydrogen) atoms. The van der Waals surface area contributed by atoms with Crippen LogP contribution in [0.1, 0.15) is 59.9 Å². The summed E-state index contributed by atoms with van der Waals surface area (Å²) in [5.41, 5.74) is 4.81. The van der Waals surface area contributed by atoms with Crippen molar-refractivity contribution >= 4 is 11.9 Å². The normalized spacial score (nSPS) is 12.6.